The summed E-state index contributed by atoms with van der Waals surface area (Å²) in [5.74, 6) is 1.22. The van der Waals surface area contributed by atoms with Gasteiger partial charge in [0, 0.05) is 11.0 Å². The molecule has 0 fully saturated rings. The summed E-state index contributed by atoms with van der Waals surface area (Å²) in [5, 5.41) is 0. The zero-order valence-corrected chi connectivity index (χ0v) is 13.3. The number of ether oxygens (including phenoxy) is 1. The van der Waals surface area contributed by atoms with Crippen molar-refractivity contribution in [3.05, 3.63) is 58.6 Å². The lowest BCUT2D eigenvalue weighted by Gasteiger charge is -2.08. The number of nitrogens with two attached hydrogens (primary N) is 1. The van der Waals surface area contributed by atoms with Crippen molar-refractivity contribution in [2.24, 2.45) is 5.73 Å². The topological polar surface area (TPSA) is 52.3 Å². The first-order chi connectivity index (χ1) is 9.70. The summed E-state index contributed by atoms with van der Waals surface area (Å²) in [5.41, 5.74) is 6.60. The molecule has 0 aliphatic carbocycles. The van der Waals surface area contributed by atoms with Crippen LogP contribution in [0.15, 0.2) is 57.9 Å². The van der Waals surface area contributed by atoms with Crippen LogP contribution in [0.5, 0.6) is 5.75 Å². The quantitative estimate of drug-likeness (QED) is 0.867. The second-order valence-corrected chi connectivity index (χ2v) is 6.57. The minimum Gasteiger partial charge on any atom is -0.493 e. The largest absolute Gasteiger partial charge is 0.493 e. The van der Waals surface area contributed by atoms with E-state index in [1.807, 2.05) is 48.5 Å². The summed E-state index contributed by atoms with van der Waals surface area (Å²) >= 11 is 3.40. The van der Waals surface area contributed by atoms with Crippen LogP contribution in [0, 0.1) is 0 Å². The molecule has 0 aliphatic heterocycles. The predicted octanol–water partition coefficient (Wildman–Crippen LogP) is 3.09. The average molecular weight is 354 g/mol. The van der Waals surface area contributed by atoms with Gasteiger partial charge in [0.15, 0.2) is 0 Å². The highest BCUT2D eigenvalue weighted by Gasteiger charge is 2.07. The van der Waals surface area contributed by atoms with E-state index in [9.17, 15) is 4.21 Å². The maximum atomic E-state index is 12.2. The Morgan fingerprint density at radius 3 is 2.70 bits per heavy atom. The van der Waals surface area contributed by atoms with E-state index in [2.05, 4.69) is 15.9 Å². The van der Waals surface area contributed by atoms with Crippen molar-refractivity contribution >= 4 is 26.7 Å². The molecule has 0 radical (unpaired) electrons. The second kappa shape index (κ2) is 7.57. The van der Waals surface area contributed by atoms with E-state index in [4.69, 9.17) is 10.5 Å². The fourth-order valence-electron chi connectivity index (χ4n) is 1.74. The van der Waals surface area contributed by atoms with Crippen LogP contribution in [0.2, 0.25) is 0 Å². The molecule has 3 nitrogen and oxygen atoms in total. The van der Waals surface area contributed by atoms with E-state index in [1.165, 1.54) is 0 Å². The lowest BCUT2D eigenvalue weighted by Crippen LogP contribution is -2.09. The molecule has 0 saturated carbocycles. The first-order valence-corrected chi connectivity index (χ1v) is 8.36. The molecule has 2 rings (SSSR count). The summed E-state index contributed by atoms with van der Waals surface area (Å²) in [7, 11) is -1.07. The van der Waals surface area contributed by atoms with E-state index < -0.39 is 10.8 Å². The van der Waals surface area contributed by atoms with E-state index in [-0.39, 0.29) is 0 Å². The Hall–Kier alpha value is -1.17. The fourth-order valence-corrected chi connectivity index (χ4v) is 3.53. The van der Waals surface area contributed by atoms with Crippen molar-refractivity contribution < 1.29 is 8.95 Å². The molecule has 106 valence electrons. The van der Waals surface area contributed by atoms with Gasteiger partial charge in [-0.1, -0.05) is 24.3 Å². The molecule has 0 spiro atoms. The van der Waals surface area contributed by atoms with Gasteiger partial charge in [-0.05, 0) is 45.8 Å². The van der Waals surface area contributed by atoms with Gasteiger partial charge in [-0.25, -0.2) is 0 Å². The minimum atomic E-state index is -1.07. The third-order valence-corrected chi connectivity index (χ3v) is 5.09. The molecule has 0 heterocycles. The lowest BCUT2D eigenvalue weighted by atomic mass is 10.2. The van der Waals surface area contributed by atoms with Gasteiger partial charge < -0.3 is 10.5 Å². The van der Waals surface area contributed by atoms with Gasteiger partial charge in [-0.2, -0.15) is 0 Å². The highest BCUT2D eigenvalue weighted by Crippen LogP contribution is 2.20. The summed E-state index contributed by atoms with van der Waals surface area (Å²) in [6.07, 6.45) is 0. The normalized spacial score (nSPS) is 12.1. The number of hydrogen-bond donors (Lipinski definition) is 1. The Balaban J connectivity index is 1.89. The standard InChI is InChI=1S/C15H16BrNO2S/c16-14-6-1-2-7-15(14)20(18)9-8-19-13-5-3-4-12(10-13)11-17/h1-7,10H,8-9,11,17H2. The molecule has 1 unspecified atom stereocenters. The second-order valence-electron chi connectivity index (χ2n) is 4.18. The van der Waals surface area contributed by atoms with Gasteiger partial charge >= 0.3 is 0 Å². The first kappa shape index (κ1) is 15.2. The molecule has 2 aromatic rings. The van der Waals surface area contributed by atoms with Gasteiger partial charge in [0.25, 0.3) is 0 Å². The van der Waals surface area contributed by atoms with E-state index in [0.29, 0.717) is 18.9 Å². The van der Waals surface area contributed by atoms with Crippen LogP contribution >= 0.6 is 15.9 Å². The summed E-state index contributed by atoms with van der Waals surface area (Å²) in [6, 6.07) is 15.2. The lowest BCUT2D eigenvalue weighted by molar-refractivity contribution is 0.342. The Labute approximate surface area is 129 Å². The van der Waals surface area contributed by atoms with Crippen molar-refractivity contribution in [2.45, 2.75) is 11.4 Å². The van der Waals surface area contributed by atoms with Crippen LogP contribution in [0.1, 0.15) is 5.56 Å². The van der Waals surface area contributed by atoms with Crippen LogP contribution in [0.3, 0.4) is 0 Å². The fraction of sp³-hybridized carbons (Fsp3) is 0.200. The first-order valence-electron chi connectivity index (χ1n) is 6.25. The Morgan fingerprint density at radius 1 is 1.15 bits per heavy atom. The molecule has 2 N–H and O–H groups in total. The van der Waals surface area contributed by atoms with Crippen molar-refractivity contribution in [3.8, 4) is 5.75 Å². The molecule has 5 heteroatoms. The van der Waals surface area contributed by atoms with Gasteiger partial charge in [0.2, 0.25) is 0 Å². The van der Waals surface area contributed by atoms with Crippen LogP contribution in [0.4, 0.5) is 0 Å². The highest BCUT2D eigenvalue weighted by molar-refractivity contribution is 9.10. The van der Waals surface area contributed by atoms with Crippen LogP contribution in [-0.4, -0.2) is 16.6 Å². The Morgan fingerprint density at radius 2 is 1.95 bits per heavy atom. The molecule has 0 saturated heterocycles. The molecule has 0 amide bonds. The number of benzene rings is 2. The van der Waals surface area contributed by atoms with Crippen molar-refractivity contribution in [3.63, 3.8) is 0 Å². The van der Waals surface area contributed by atoms with Crippen molar-refractivity contribution in [2.75, 3.05) is 12.4 Å². The SMILES string of the molecule is NCc1cccc(OCCS(=O)c2ccccc2Br)c1. The molecule has 2 aromatic carbocycles. The van der Waals surface area contributed by atoms with E-state index in [1.54, 1.807) is 0 Å². The zero-order chi connectivity index (χ0) is 14.4. The van der Waals surface area contributed by atoms with Gasteiger partial charge in [-0.3, -0.25) is 4.21 Å². The highest BCUT2D eigenvalue weighted by atomic mass is 79.9. The average Bonchev–Trinajstić information content (AvgIpc) is 2.48. The van der Waals surface area contributed by atoms with Gasteiger partial charge in [0.1, 0.15) is 12.4 Å². The molecule has 0 aliphatic rings. The number of hydrogen-bond acceptors (Lipinski definition) is 3. The maximum absolute atomic E-state index is 12.2. The molecular weight excluding hydrogens is 338 g/mol. The zero-order valence-electron chi connectivity index (χ0n) is 10.9. The number of halogens is 1. The summed E-state index contributed by atoms with van der Waals surface area (Å²) in [4.78, 5) is 0.798. The van der Waals surface area contributed by atoms with Crippen LogP contribution < -0.4 is 10.5 Å². The third-order valence-electron chi connectivity index (χ3n) is 2.75. The van der Waals surface area contributed by atoms with Gasteiger partial charge in [-0.15, -0.1) is 0 Å². The summed E-state index contributed by atoms with van der Waals surface area (Å²) < 4.78 is 18.6. The predicted molar refractivity (Wildman–Crippen MR) is 85.2 cm³/mol. The smallest absolute Gasteiger partial charge is 0.119 e. The van der Waals surface area contributed by atoms with E-state index >= 15 is 0 Å². The molecular formula is C15H16BrNO2S. The van der Waals surface area contributed by atoms with E-state index in [0.717, 1.165) is 20.7 Å². The van der Waals surface area contributed by atoms with Crippen molar-refractivity contribution in [1.29, 1.82) is 0 Å². The molecule has 0 bridgehead atoms. The van der Waals surface area contributed by atoms with Crippen molar-refractivity contribution in [1.82, 2.24) is 0 Å². The summed E-state index contributed by atoms with van der Waals surface area (Å²) in [6.45, 7) is 0.891. The minimum absolute atomic E-state index is 0.405. The molecule has 0 aromatic heterocycles. The third kappa shape index (κ3) is 4.16. The van der Waals surface area contributed by atoms with Gasteiger partial charge in [0.05, 0.1) is 21.4 Å². The molecule has 1 atom stereocenters. The van der Waals surface area contributed by atoms with Crippen LogP contribution in [-0.2, 0) is 17.3 Å². The molecule has 20 heavy (non-hydrogen) atoms. The van der Waals surface area contributed by atoms with Crippen LogP contribution in [0.25, 0.3) is 0 Å². The monoisotopic (exact) mass is 353 g/mol. The number of rotatable bonds is 6. The maximum Gasteiger partial charge on any atom is 0.119 e. The Bertz CT molecular complexity index is 604. The Kier molecular flexibility index (Phi) is 5.76.